The molecule has 0 aliphatic carbocycles. The number of imidazole rings is 1. The van der Waals surface area contributed by atoms with Crippen LogP contribution in [0.25, 0.3) is 11.2 Å². The van der Waals surface area contributed by atoms with E-state index in [0.29, 0.717) is 13.0 Å². The van der Waals surface area contributed by atoms with Crippen molar-refractivity contribution < 1.29 is 27.4 Å². The van der Waals surface area contributed by atoms with Crippen molar-refractivity contribution in [3.05, 3.63) is 45.1 Å². The summed E-state index contributed by atoms with van der Waals surface area (Å²) in [5, 5.41) is 0. The number of ether oxygens (including phenoxy) is 3. The topological polar surface area (TPSA) is 89.5 Å². The maximum Gasteiger partial charge on any atom is 0.573 e. The number of unbranched alkanes of at least 4 members (excludes halogenated alkanes) is 1. The number of nitrogens with zero attached hydrogens (tertiary/aromatic N) is 4. The zero-order chi connectivity index (χ0) is 26.7. The molecule has 0 fully saturated rings. The third-order valence-corrected chi connectivity index (χ3v) is 7.10. The highest BCUT2D eigenvalue weighted by Crippen LogP contribution is 2.29. The zero-order valence-electron chi connectivity index (χ0n) is 21.0. The van der Waals surface area contributed by atoms with Gasteiger partial charge in [0.25, 0.3) is 5.56 Å². The molecule has 0 N–H and O–H groups in total. The van der Waals surface area contributed by atoms with E-state index >= 15 is 0 Å². The molecule has 0 bridgehead atoms. The van der Waals surface area contributed by atoms with E-state index in [-0.39, 0.29) is 36.2 Å². The van der Waals surface area contributed by atoms with E-state index < -0.39 is 31.4 Å². The summed E-state index contributed by atoms with van der Waals surface area (Å²) < 4.78 is 57.3. The van der Waals surface area contributed by atoms with Gasteiger partial charge in [0.05, 0.1) is 0 Å². The number of benzene rings is 1. The van der Waals surface area contributed by atoms with Crippen LogP contribution in [-0.4, -0.2) is 39.7 Å². The monoisotopic (exact) mass is 528 g/mol. The van der Waals surface area contributed by atoms with Gasteiger partial charge >= 0.3 is 18.1 Å². The van der Waals surface area contributed by atoms with Crippen molar-refractivity contribution in [1.29, 1.82) is 0 Å². The molecule has 0 saturated heterocycles. The van der Waals surface area contributed by atoms with Crippen molar-refractivity contribution in [2.75, 3.05) is 6.61 Å². The van der Waals surface area contributed by atoms with Crippen molar-refractivity contribution in [3.63, 3.8) is 0 Å². The molecular weight excluding hydrogens is 497 g/mol. The van der Waals surface area contributed by atoms with Crippen LogP contribution in [0.1, 0.15) is 19.8 Å². The second-order valence-electron chi connectivity index (χ2n) is 9.62. The van der Waals surface area contributed by atoms with Crippen LogP contribution < -0.4 is 20.7 Å². The van der Waals surface area contributed by atoms with Crippen molar-refractivity contribution in [3.8, 4) is 17.5 Å². The maximum atomic E-state index is 13.3. The van der Waals surface area contributed by atoms with Crippen molar-refractivity contribution in [2.24, 2.45) is 7.05 Å². The highest BCUT2D eigenvalue weighted by Gasteiger charge is 2.31. The summed E-state index contributed by atoms with van der Waals surface area (Å²) in [6, 6.07) is 5.74. The Balaban J connectivity index is 2.07. The van der Waals surface area contributed by atoms with Crippen molar-refractivity contribution in [2.45, 2.75) is 65.1 Å². The van der Waals surface area contributed by atoms with Gasteiger partial charge in [-0.25, -0.2) is 4.79 Å². The van der Waals surface area contributed by atoms with Gasteiger partial charge in [-0.05, 0) is 24.6 Å². The lowest BCUT2D eigenvalue weighted by atomic mass is 10.3. The third-order valence-electron chi connectivity index (χ3n) is 5.40. The zero-order valence-corrected chi connectivity index (χ0v) is 22.0. The lowest BCUT2D eigenvalue weighted by Crippen LogP contribution is -2.39. The van der Waals surface area contributed by atoms with Crippen LogP contribution in [0.4, 0.5) is 13.2 Å². The second kappa shape index (κ2) is 10.9. The minimum absolute atomic E-state index is 0.00622. The van der Waals surface area contributed by atoms with E-state index in [0.717, 1.165) is 29.2 Å². The number of halogens is 3. The fraction of sp³-hybridized carbons (Fsp3) is 0.522. The molecule has 0 radical (unpaired) electrons. The number of hydrogen-bond donors (Lipinski definition) is 0. The Morgan fingerprint density at radius 1 is 1.08 bits per heavy atom. The standard InChI is InChI=1S/C23H31F3N4O5Si/c1-6-7-11-29-20(31)18-19(28(2)22(29)32)27-21(30(18)15-33-12-13-36(3,4)5)34-16-9-8-10-17(14-16)35-23(24,25)26/h8-10,14H,6-7,11-13,15H2,1-5H3. The number of aromatic nitrogens is 4. The Hall–Kier alpha value is -3.06. The Bertz CT molecular complexity index is 1320. The third kappa shape index (κ3) is 6.78. The molecule has 0 atom stereocenters. The molecule has 9 nitrogen and oxygen atoms in total. The van der Waals surface area contributed by atoms with Crippen LogP contribution >= 0.6 is 0 Å². The predicted molar refractivity (Wildman–Crippen MR) is 131 cm³/mol. The Morgan fingerprint density at radius 3 is 2.42 bits per heavy atom. The number of hydrogen-bond acceptors (Lipinski definition) is 6. The molecule has 0 aliphatic rings. The average Bonchev–Trinajstić information content (AvgIpc) is 3.12. The van der Waals surface area contributed by atoms with Gasteiger partial charge in [-0.15, -0.1) is 13.2 Å². The highest BCUT2D eigenvalue weighted by atomic mass is 28.3. The number of alkyl halides is 3. The fourth-order valence-corrected chi connectivity index (χ4v) is 4.19. The molecule has 198 valence electrons. The molecule has 13 heteroatoms. The molecule has 0 aliphatic heterocycles. The normalized spacial score (nSPS) is 12.3. The van der Waals surface area contributed by atoms with Crippen molar-refractivity contribution >= 4 is 19.2 Å². The summed E-state index contributed by atoms with van der Waals surface area (Å²) in [6.07, 6.45) is -3.44. The van der Waals surface area contributed by atoms with Crippen molar-refractivity contribution in [1.82, 2.24) is 18.7 Å². The molecule has 0 saturated carbocycles. The first-order valence-corrected chi connectivity index (χ1v) is 15.3. The summed E-state index contributed by atoms with van der Waals surface area (Å²) in [5.41, 5.74) is -0.854. The van der Waals surface area contributed by atoms with Crippen LogP contribution in [0.2, 0.25) is 25.7 Å². The van der Waals surface area contributed by atoms with Gasteiger partial charge in [0.1, 0.15) is 18.2 Å². The summed E-state index contributed by atoms with van der Waals surface area (Å²) in [5.74, 6) is -0.463. The smallest absolute Gasteiger partial charge is 0.425 e. The molecule has 0 unspecified atom stereocenters. The van der Waals surface area contributed by atoms with Gasteiger partial charge in [-0.2, -0.15) is 4.98 Å². The summed E-state index contributed by atoms with van der Waals surface area (Å²) in [7, 11) is 0.115. The van der Waals surface area contributed by atoms with Gasteiger partial charge in [0, 0.05) is 34.3 Å². The van der Waals surface area contributed by atoms with Crippen LogP contribution in [-0.2, 0) is 25.1 Å². The number of aryl methyl sites for hydroxylation is 1. The first kappa shape index (κ1) is 27.5. The van der Waals surface area contributed by atoms with E-state index in [1.54, 1.807) is 0 Å². The molecule has 2 heterocycles. The number of rotatable bonds is 11. The summed E-state index contributed by atoms with van der Waals surface area (Å²) in [6.45, 7) is 9.16. The summed E-state index contributed by atoms with van der Waals surface area (Å²) >= 11 is 0. The molecule has 3 aromatic rings. The molecule has 0 amide bonds. The minimum atomic E-state index is -4.86. The van der Waals surface area contributed by atoms with Gasteiger partial charge < -0.3 is 14.2 Å². The SMILES string of the molecule is CCCCn1c(=O)c2c(nc(Oc3cccc(OC(F)(F)F)c3)n2COCC[Si](C)(C)C)n(C)c1=O. The average molecular weight is 529 g/mol. The highest BCUT2D eigenvalue weighted by molar-refractivity contribution is 6.76. The van der Waals surface area contributed by atoms with E-state index in [4.69, 9.17) is 9.47 Å². The number of fused-ring (bicyclic) bond motifs is 1. The largest absolute Gasteiger partial charge is 0.573 e. The quantitative estimate of drug-likeness (QED) is 0.265. The van der Waals surface area contributed by atoms with Crippen LogP contribution in [0.3, 0.4) is 0 Å². The first-order chi connectivity index (χ1) is 16.8. The lowest BCUT2D eigenvalue weighted by molar-refractivity contribution is -0.274. The summed E-state index contributed by atoms with van der Waals surface area (Å²) in [4.78, 5) is 30.5. The van der Waals surface area contributed by atoms with E-state index in [2.05, 4.69) is 29.4 Å². The van der Waals surface area contributed by atoms with Gasteiger partial charge in [0.2, 0.25) is 0 Å². The maximum absolute atomic E-state index is 13.3. The van der Waals surface area contributed by atoms with Crippen LogP contribution in [0, 0.1) is 0 Å². The van der Waals surface area contributed by atoms with E-state index in [1.165, 1.54) is 28.3 Å². The van der Waals surface area contributed by atoms with Gasteiger partial charge in [0.15, 0.2) is 11.2 Å². The molecule has 0 spiro atoms. The second-order valence-corrected chi connectivity index (χ2v) is 15.2. The molecule has 36 heavy (non-hydrogen) atoms. The molecular formula is C23H31F3N4O5Si. The predicted octanol–water partition coefficient (Wildman–Crippen LogP) is 4.70. The minimum Gasteiger partial charge on any atom is -0.425 e. The molecule has 3 rings (SSSR count). The Morgan fingerprint density at radius 2 is 1.78 bits per heavy atom. The van der Waals surface area contributed by atoms with E-state index in [9.17, 15) is 22.8 Å². The molecule has 2 aromatic heterocycles. The Labute approximate surface area is 207 Å². The van der Waals surface area contributed by atoms with Crippen LogP contribution in [0.15, 0.2) is 33.9 Å². The van der Waals surface area contributed by atoms with E-state index in [1.807, 2.05) is 6.92 Å². The van der Waals surface area contributed by atoms with Gasteiger partial charge in [-0.3, -0.25) is 18.5 Å². The molecule has 1 aromatic carbocycles. The lowest BCUT2D eigenvalue weighted by Gasteiger charge is -2.16. The Kier molecular flexibility index (Phi) is 8.34. The van der Waals surface area contributed by atoms with Gasteiger partial charge in [-0.1, -0.05) is 39.1 Å². The van der Waals surface area contributed by atoms with Crippen LogP contribution in [0.5, 0.6) is 17.5 Å². The first-order valence-electron chi connectivity index (χ1n) is 11.6. The fourth-order valence-electron chi connectivity index (χ4n) is 3.44.